The van der Waals surface area contributed by atoms with Crippen molar-refractivity contribution in [3.05, 3.63) is 68.9 Å². The molecule has 0 saturated heterocycles. The van der Waals surface area contributed by atoms with Crippen molar-refractivity contribution in [2.75, 3.05) is 7.05 Å². The molecule has 0 radical (unpaired) electrons. The molecule has 2 aromatic rings. The number of hydrogen-bond donors (Lipinski definition) is 0. The molecule has 0 aliphatic carbocycles. The van der Waals surface area contributed by atoms with Gasteiger partial charge in [0.05, 0.1) is 0 Å². The Balaban J connectivity index is 2.15. The summed E-state index contributed by atoms with van der Waals surface area (Å²) >= 11 is 9.48. The summed E-state index contributed by atoms with van der Waals surface area (Å²) in [7, 11) is 1.97. The fourth-order valence-electron chi connectivity index (χ4n) is 2.11. The summed E-state index contributed by atoms with van der Waals surface area (Å²) in [5.41, 5.74) is 1.73. The van der Waals surface area contributed by atoms with Gasteiger partial charge in [-0.15, -0.1) is 0 Å². The van der Waals surface area contributed by atoms with Crippen LogP contribution >= 0.6 is 27.5 Å². The zero-order chi connectivity index (χ0) is 14.7. The first-order valence-corrected chi connectivity index (χ1v) is 7.54. The van der Waals surface area contributed by atoms with Gasteiger partial charge in [0.2, 0.25) is 0 Å². The van der Waals surface area contributed by atoms with Gasteiger partial charge in [0, 0.05) is 27.6 Å². The highest BCUT2D eigenvalue weighted by atomic mass is 79.9. The van der Waals surface area contributed by atoms with Gasteiger partial charge in [-0.1, -0.05) is 51.8 Å². The second-order valence-corrected chi connectivity index (χ2v) is 6.17. The lowest BCUT2D eigenvalue weighted by molar-refractivity contribution is 0.249. The Morgan fingerprint density at radius 1 is 1.25 bits per heavy atom. The minimum Gasteiger partial charge on any atom is -0.295 e. The van der Waals surface area contributed by atoms with Crippen LogP contribution < -0.4 is 0 Å². The zero-order valence-corrected chi connectivity index (χ0v) is 13.7. The number of hydrogen-bond acceptors (Lipinski definition) is 1. The second-order valence-electron chi connectivity index (χ2n) is 4.85. The van der Waals surface area contributed by atoms with E-state index in [1.54, 1.807) is 6.07 Å². The van der Waals surface area contributed by atoms with E-state index >= 15 is 0 Å². The van der Waals surface area contributed by atoms with E-state index < -0.39 is 0 Å². The summed E-state index contributed by atoms with van der Waals surface area (Å²) in [5, 5.41) is 0.739. The summed E-state index contributed by atoms with van der Waals surface area (Å²) in [6, 6.07) is 13.0. The minimum atomic E-state index is -0.197. The summed E-state index contributed by atoms with van der Waals surface area (Å²) in [4.78, 5) is 2.08. The maximum atomic E-state index is 13.9. The molecule has 1 atom stereocenters. The molecule has 106 valence electrons. The fraction of sp³-hybridized carbons (Fsp3) is 0.250. The Bertz CT molecular complexity index is 603. The third-order valence-electron chi connectivity index (χ3n) is 3.45. The summed E-state index contributed by atoms with van der Waals surface area (Å²) in [6.45, 7) is 2.60. The van der Waals surface area contributed by atoms with Crippen molar-refractivity contribution in [2.24, 2.45) is 0 Å². The van der Waals surface area contributed by atoms with Crippen LogP contribution in [0.15, 0.2) is 46.9 Å². The predicted octanol–water partition coefficient (Wildman–Crippen LogP) is 5.43. The van der Waals surface area contributed by atoms with Crippen molar-refractivity contribution in [3.8, 4) is 0 Å². The van der Waals surface area contributed by atoms with Crippen LogP contribution in [-0.4, -0.2) is 11.9 Å². The van der Waals surface area contributed by atoms with E-state index in [1.807, 2.05) is 37.4 Å². The zero-order valence-electron chi connectivity index (χ0n) is 11.4. The minimum absolute atomic E-state index is 0.117. The smallest absolute Gasteiger partial charge is 0.128 e. The lowest BCUT2D eigenvalue weighted by atomic mass is 10.1. The first-order chi connectivity index (χ1) is 9.49. The second kappa shape index (κ2) is 6.70. The van der Waals surface area contributed by atoms with Crippen molar-refractivity contribution >= 4 is 27.5 Å². The topological polar surface area (TPSA) is 3.24 Å². The first kappa shape index (κ1) is 15.5. The first-order valence-electron chi connectivity index (χ1n) is 6.37. The fourth-order valence-corrected chi connectivity index (χ4v) is 2.73. The maximum absolute atomic E-state index is 13.9. The molecule has 4 heteroatoms. The van der Waals surface area contributed by atoms with Gasteiger partial charge in [-0.25, -0.2) is 4.39 Å². The standard InChI is InChI=1S/C16H16BrClFN/c1-11(14-5-3-4-6-15(14)18)20(2)10-12-7-8-13(17)9-16(12)19/h3-9,11H,10H2,1-2H3. The van der Waals surface area contributed by atoms with Crippen molar-refractivity contribution in [2.45, 2.75) is 19.5 Å². The number of halogens is 3. The molecular formula is C16H16BrClFN. The van der Waals surface area contributed by atoms with E-state index in [4.69, 9.17) is 11.6 Å². The molecular weight excluding hydrogens is 341 g/mol. The van der Waals surface area contributed by atoms with Crippen molar-refractivity contribution in [3.63, 3.8) is 0 Å². The highest BCUT2D eigenvalue weighted by Gasteiger charge is 2.16. The van der Waals surface area contributed by atoms with Crippen LogP contribution in [-0.2, 0) is 6.54 Å². The van der Waals surface area contributed by atoms with Crippen LogP contribution in [0.1, 0.15) is 24.1 Å². The number of benzene rings is 2. The largest absolute Gasteiger partial charge is 0.295 e. The van der Waals surface area contributed by atoms with Gasteiger partial charge in [-0.05, 0) is 37.7 Å². The molecule has 0 bridgehead atoms. The Hall–Kier alpha value is -0.900. The Kier molecular flexibility index (Phi) is 5.19. The molecule has 2 aromatic carbocycles. The molecule has 0 heterocycles. The van der Waals surface area contributed by atoms with Gasteiger partial charge in [-0.2, -0.15) is 0 Å². The van der Waals surface area contributed by atoms with Crippen LogP contribution in [0.5, 0.6) is 0 Å². The molecule has 0 saturated carbocycles. The third-order valence-corrected chi connectivity index (χ3v) is 4.29. The molecule has 0 aliphatic heterocycles. The lowest BCUT2D eigenvalue weighted by Gasteiger charge is -2.26. The number of rotatable bonds is 4. The van der Waals surface area contributed by atoms with E-state index in [2.05, 4.69) is 27.8 Å². The predicted molar refractivity (Wildman–Crippen MR) is 85.4 cm³/mol. The molecule has 1 nitrogen and oxygen atoms in total. The van der Waals surface area contributed by atoms with Crippen LogP contribution in [0.25, 0.3) is 0 Å². The SMILES string of the molecule is CC(c1ccccc1Cl)N(C)Cc1ccc(Br)cc1F. The Labute approximate surface area is 132 Å². The van der Waals surface area contributed by atoms with Crippen LogP contribution in [0.4, 0.5) is 4.39 Å². The van der Waals surface area contributed by atoms with Crippen molar-refractivity contribution in [1.82, 2.24) is 4.90 Å². The molecule has 1 unspecified atom stereocenters. The molecule has 0 aliphatic rings. The molecule has 0 spiro atoms. The van der Waals surface area contributed by atoms with Crippen LogP contribution in [0.3, 0.4) is 0 Å². The van der Waals surface area contributed by atoms with Gasteiger partial charge < -0.3 is 0 Å². The molecule has 0 amide bonds. The van der Waals surface area contributed by atoms with E-state index in [0.29, 0.717) is 12.1 Å². The average Bonchev–Trinajstić information content (AvgIpc) is 2.41. The molecule has 0 N–H and O–H groups in total. The normalized spacial score (nSPS) is 12.7. The molecule has 20 heavy (non-hydrogen) atoms. The van der Waals surface area contributed by atoms with Crippen molar-refractivity contribution < 1.29 is 4.39 Å². The number of nitrogens with zero attached hydrogens (tertiary/aromatic N) is 1. The highest BCUT2D eigenvalue weighted by molar-refractivity contribution is 9.10. The van der Waals surface area contributed by atoms with Gasteiger partial charge in [-0.3, -0.25) is 4.90 Å². The summed E-state index contributed by atoms with van der Waals surface area (Å²) < 4.78 is 14.6. The summed E-state index contributed by atoms with van der Waals surface area (Å²) in [5.74, 6) is -0.197. The Morgan fingerprint density at radius 2 is 1.95 bits per heavy atom. The van der Waals surface area contributed by atoms with Gasteiger partial charge in [0.1, 0.15) is 5.82 Å². The van der Waals surface area contributed by atoms with E-state index in [-0.39, 0.29) is 11.9 Å². The highest BCUT2D eigenvalue weighted by Crippen LogP contribution is 2.27. The molecule has 0 aromatic heterocycles. The van der Waals surface area contributed by atoms with Crippen molar-refractivity contribution in [1.29, 1.82) is 0 Å². The third kappa shape index (κ3) is 3.60. The molecule has 2 rings (SSSR count). The average molecular weight is 357 g/mol. The quantitative estimate of drug-likeness (QED) is 0.705. The maximum Gasteiger partial charge on any atom is 0.128 e. The van der Waals surface area contributed by atoms with Gasteiger partial charge in [0.15, 0.2) is 0 Å². The van der Waals surface area contributed by atoms with Gasteiger partial charge >= 0.3 is 0 Å². The van der Waals surface area contributed by atoms with Crippen LogP contribution in [0.2, 0.25) is 5.02 Å². The lowest BCUT2D eigenvalue weighted by Crippen LogP contribution is -2.22. The monoisotopic (exact) mass is 355 g/mol. The van der Waals surface area contributed by atoms with Crippen LogP contribution in [0, 0.1) is 5.82 Å². The Morgan fingerprint density at radius 3 is 2.60 bits per heavy atom. The summed E-state index contributed by atoms with van der Waals surface area (Å²) in [6.07, 6.45) is 0. The van der Waals surface area contributed by atoms with E-state index in [9.17, 15) is 4.39 Å². The van der Waals surface area contributed by atoms with Gasteiger partial charge in [0.25, 0.3) is 0 Å². The van der Waals surface area contributed by atoms with E-state index in [0.717, 1.165) is 15.1 Å². The van der Waals surface area contributed by atoms with E-state index in [1.165, 1.54) is 6.07 Å². The molecule has 0 fully saturated rings.